The molecule has 0 spiro atoms. The van der Waals surface area contributed by atoms with E-state index in [-0.39, 0.29) is 12.0 Å². The standard InChI is InChI=1S/C13H15F2NO3/c1-7(6-11(17)18)16-13(19)8(2)12-9(14)4-3-5-10(12)15/h3-5,7-8H,6H2,1-2H3,(H,16,19)(H,17,18). The van der Waals surface area contributed by atoms with Gasteiger partial charge >= 0.3 is 5.97 Å². The molecule has 2 atom stereocenters. The fourth-order valence-electron chi connectivity index (χ4n) is 1.74. The molecule has 19 heavy (non-hydrogen) atoms. The number of aliphatic carboxylic acids is 1. The lowest BCUT2D eigenvalue weighted by atomic mass is 9.98. The number of nitrogens with one attached hydrogen (secondary N) is 1. The molecule has 2 N–H and O–H groups in total. The van der Waals surface area contributed by atoms with Crippen LogP contribution in [0.25, 0.3) is 0 Å². The van der Waals surface area contributed by atoms with Crippen LogP contribution in [-0.4, -0.2) is 23.0 Å². The molecule has 0 aliphatic carbocycles. The highest BCUT2D eigenvalue weighted by Crippen LogP contribution is 2.22. The molecule has 0 aliphatic rings. The number of carboxylic acid groups (broad SMARTS) is 1. The van der Waals surface area contributed by atoms with Gasteiger partial charge < -0.3 is 10.4 Å². The monoisotopic (exact) mass is 271 g/mol. The smallest absolute Gasteiger partial charge is 0.305 e. The highest BCUT2D eigenvalue weighted by molar-refractivity contribution is 5.84. The lowest BCUT2D eigenvalue weighted by Gasteiger charge is -2.17. The molecule has 0 aromatic heterocycles. The number of halogens is 2. The van der Waals surface area contributed by atoms with Crippen LogP contribution in [0, 0.1) is 11.6 Å². The highest BCUT2D eigenvalue weighted by Gasteiger charge is 2.23. The minimum atomic E-state index is -1.06. The summed E-state index contributed by atoms with van der Waals surface area (Å²) in [5.41, 5.74) is -0.317. The molecular weight excluding hydrogens is 256 g/mol. The number of carbonyl (C=O) groups excluding carboxylic acids is 1. The predicted molar refractivity (Wildman–Crippen MR) is 64.6 cm³/mol. The van der Waals surface area contributed by atoms with E-state index in [0.717, 1.165) is 12.1 Å². The van der Waals surface area contributed by atoms with Crippen LogP contribution in [-0.2, 0) is 9.59 Å². The van der Waals surface area contributed by atoms with Gasteiger partial charge in [-0.2, -0.15) is 0 Å². The number of amides is 1. The van der Waals surface area contributed by atoms with E-state index in [0.29, 0.717) is 0 Å². The molecule has 0 heterocycles. The maximum atomic E-state index is 13.5. The molecule has 0 saturated heterocycles. The maximum Gasteiger partial charge on any atom is 0.305 e. The van der Waals surface area contributed by atoms with Gasteiger partial charge in [0.1, 0.15) is 11.6 Å². The van der Waals surface area contributed by atoms with Crippen molar-refractivity contribution in [3.63, 3.8) is 0 Å². The first kappa shape index (κ1) is 15.1. The molecule has 0 radical (unpaired) electrons. The summed E-state index contributed by atoms with van der Waals surface area (Å²) in [7, 11) is 0. The van der Waals surface area contributed by atoms with Crippen molar-refractivity contribution >= 4 is 11.9 Å². The molecular formula is C13H15F2NO3. The van der Waals surface area contributed by atoms with Crippen molar-refractivity contribution in [2.45, 2.75) is 32.2 Å². The van der Waals surface area contributed by atoms with Crippen LogP contribution < -0.4 is 5.32 Å². The summed E-state index contributed by atoms with van der Waals surface area (Å²) >= 11 is 0. The average molecular weight is 271 g/mol. The largest absolute Gasteiger partial charge is 0.481 e. The third-order valence-corrected chi connectivity index (χ3v) is 2.70. The number of hydrogen-bond donors (Lipinski definition) is 2. The van der Waals surface area contributed by atoms with Crippen LogP contribution in [0.2, 0.25) is 0 Å². The molecule has 0 bridgehead atoms. The topological polar surface area (TPSA) is 66.4 Å². The van der Waals surface area contributed by atoms with E-state index in [9.17, 15) is 18.4 Å². The lowest BCUT2D eigenvalue weighted by Crippen LogP contribution is -2.37. The normalized spacial score (nSPS) is 13.7. The van der Waals surface area contributed by atoms with Gasteiger partial charge in [-0.3, -0.25) is 9.59 Å². The van der Waals surface area contributed by atoms with E-state index < -0.39 is 35.5 Å². The minimum absolute atomic E-state index is 0.252. The van der Waals surface area contributed by atoms with Gasteiger partial charge in [-0.25, -0.2) is 8.78 Å². The molecule has 0 saturated carbocycles. The van der Waals surface area contributed by atoms with Crippen molar-refractivity contribution in [2.24, 2.45) is 0 Å². The first-order valence-electron chi connectivity index (χ1n) is 5.79. The molecule has 0 fully saturated rings. The Morgan fingerprint density at radius 3 is 2.26 bits per heavy atom. The van der Waals surface area contributed by atoms with Crippen LogP contribution in [0.15, 0.2) is 18.2 Å². The van der Waals surface area contributed by atoms with Gasteiger partial charge in [0.25, 0.3) is 0 Å². The Labute approximate surface area is 109 Å². The summed E-state index contributed by atoms with van der Waals surface area (Å²) in [6, 6.07) is 2.75. The molecule has 4 nitrogen and oxygen atoms in total. The maximum absolute atomic E-state index is 13.5. The van der Waals surface area contributed by atoms with E-state index in [1.165, 1.54) is 19.9 Å². The molecule has 1 aromatic rings. The van der Waals surface area contributed by atoms with Crippen molar-refractivity contribution in [1.29, 1.82) is 0 Å². The first-order valence-corrected chi connectivity index (χ1v) is 5.79. The van der Waals surface area contributed by atoms with Gasteiger partial charge in [0.2, 0.25) is 5.91 Å². The number of hydrogen-bond acceptors (Lipinski definition) is 2. The van der Waals surface area contributed by atoms with Crippen molar-refractivity contribution < 1.29 is 23.5 Å². The Kier molecular flexibility index (Phi) is 4.97. The van der Waals surface area contributed by atoms with E-state index >= 15 is 0 Å². The van der Waals surface area contributed by atoms with Crippen LogP contribution in [0.3, 0.4) is 0 Å². The highest BCUT2D eigenvalue weighted by atomic mass is 19.1. The molecule has 0 aliphatic heterocycles. The zero-order valence-corrected chi connectivity index (χ0v) is 10.6. The van der Waals surface area contributed by atoms with Gasteiger partial charge in [0.05, 0.1) is 12.3 Å². The Hall–Kier alpha value is -1.98. The number of carboxylic acids is 1. The van der Waals surface area contributed by atoms with Crippen LogP contribution in [0.4, 0.5) is 8.78 Å². The zero-order valence-electron chi connectivity index (χ0n) is 10.6. The molecule has 6 heteroatoms. The summed E-state index contributed by atoms with van der Waals surface area (Å²) in [6.45, 7) is 2.88. The molecule has 1 rings (SSSR count). The summed E-state index contributed by atoms with van der Waals surface area (Å²) in [5, 5.41) is 11.0. The number of rotatable bonds is 5. The van der Waals surface area contributed by atoms with Crippen molar-refractivity contribution in [2.75, 3.05) is 0 Å². The van der Waals surface area contributed by atoms with E-state index in [1.807, 2.05) is 0 Å². The summed E-state index contributed by atoms with van der Waals surface area (Å²) in [5.74, 6) is -4.30. The molecule has 1 amide bonds. The Morgan fingerprint density at radius 1 is 1.26 bits per heavy atom. The minimum Gasteiger partial charge on any atom is -0.481 e. The van der Waals surface area contributed by atoms with Crippen molar-refractivity contribution in [3.8, 4) is 0 Å². The second-order valence-corrected chi connectivity index (χ2v) is 4.36. The summed E-state index contributed by atoms with van der Waals surface area (Å²) < 4.78 is 27.0. The molecule has 104 valence electrons. The number of benzene rings is 1. The van der Waals surface area contributed by atoms with Gasteiger partial charge in [0, 0.05) is 11.6 Å². The van der Waals surface area contributed by atoms with Gasteiger partial charge in [-0.1, -0.05) is 6.07 Å². The Balaban J connectivity index is 2.80. The SMILES string of the molecule is CC(CC(=O)O)NC(=O)C(C)c1c(F)cccc1F. The van der Waals surface area contributed by atoms with Crippen molar-refractivity contribution in [3.05, 3.63) is 35.4 Å². The fourth-order valence-corrected chi connectivity index (χ4v) is 1.74. The predicted octanol–water partition coefficient (Wildman–Crippen LogP) is 2.05. The second-order valence-electron chi connectivity index (χ2n) is 4.36. The van der Waals surface area contributed by atoms with E-state index in [2.05, 4.69) is 5.32 Å². The van der Waals surface area contributed by atoms with Crippen LogP contribution >= 0.6 is 0 Å². The second kappa shape index (κ2) is 6.26. The van der Waals surface area contributed by atoms with Gasteiger partial charge in [-0.05, 0) is 26.0 Å². The van der Waals surface area contributed by atoms with E-state index in [4.69, 9.17) is 5.11 Å². The Bertz CT molecular complexity index is 471. The summed E-state index contributed by atoms with van der Waals surface area (Å²) in [4.78, 5) is 22.3. The van der Waals surface area contributed by atoms with E-state index in [1.54, 1.807) is 0 Å². The first-order chi connectivity index (χ1) is 8.82. The number of carbonyl (C=O) groups is 2. The Morgan fingerprint density at radius 2 is 1.79 bits per heavy atom. The summed E-state index contributed by atoms with van der Waals surface area (Å²) in [6.07, 6.45) is -0.252. The third kappa shape index (κ3) is 4.01. The van der Waals surface area contributed by atoms with Gasteiger partial charge in [-0.15, -0.1) is 0 Å². The third-order valence-electron chi connectivity index (χ3n) is 2.70. The molecule has 1 aromatic carbocycles. The average Bonchev–Trinajstić information content (AvgIpc) is 2.26. The fraction of sp³-hybridized carbons (Fsp3) is 0.385. The zero-order chi connectivity index (χ0) is 14.6. The van der Waals surface area contributed by atoms with Crippen LogP contribution in [0.5, 0.6) is 0 Å². The lowest BCUT2D eigenvalue weighted by molar-refractivity contribution is -0.137. The molecule has 2 unspecified atom stereocenters. The quantitative estimate of drug-likeness (QED) is 0.861. The van der Waals surface area contributed by atoms with Crippen LogP contribution in [0.1, 0.15) is 31.7 Å². The van der Waals surface area contributed by atoms with Crippen molar-refractivity contribution in [1.82, 2.24) is 5.32 Å². The van der Waals surface area contributed by atoms with Gasteiger partial charge in [0.15, 0.2) is 0 Å².